The Hall–Kier alpha value is -3.74. The molecule has 2 aromatic heterocycles. The average Bonchev–Trinajstić information content (AvgIpc) is 3.58. The Kier molecular flexibility index (Phi) is 6.95. The number of benzene rings is 1. The lowest BCUT2D eigenvalue weighted by molar-refractivity contribution is -0.139. The Labute approximate surface area is 220 Å². The fourth-order valence-corrected chi connectivity index (χ4v) is 4.69. The Balaban J connectivity index is 1.49. The summed E-state index contributed by atoms with van der Waals surface area (Å²) >= 11 is 0. The molecule has 1 aliphatic heterocycles. The number of halogens is 4. The van der Waals surface area contributed by atoms with Crippen LogP contribution in [-0.2, 0) is 4.79 Å². The summed E-state index contributed by atoms with van der Waals surface area (Å²) < 4.78 is 62.3. The number of ether oxygens (including phenoxy) is 1. The normalized spacial score (nSPS) is 19.5. The van der Waals surface area contributed by atoms with E-state index in [1.54, 1.807) is 6.92 Å². The summed E-state index contributed by atoms with van der Waals surface area (Å²) in [6, 6.07) is 2.32. The highest BCUT2D eigenvalue weighted by Gasteiger charge is 2.51. The van der Waals surface area contributed by atoms with Crippen molar-refractivity contribution >= 4 is 22.8 Å². The zero-order valence-corrected chi connectivity index (χ0v) is 21.2. The van der Waals surface area contributed by atoms with E-state index in [-0.39, 0.29) is 33.4 Å². The van der Waals surface area contributed by atoms with Crippen LogP contribution in [0.5, 0.6) is 5.75 Å². The highest BCUT2D eigenvalue weighted by Crippen LogP contribution is 2.38. The first-order valence-corrected chi connectivity index (χ1v) is 12.5. The molecule has 2 aliphatic rings. The van der Waals surface area contributed by atoms with E-state index in [9.17, 15) is 32.3 Å². The van der Waals surface area contributed by atoms with Crippen LogP contribution in [0.3, 0.4) is 0 Å². The molecule has 3 N–H and O–H groups in total. The van der Waals surface area contributed by atoms with Crippen molar-refractivity contribution in [1.82, 2.24) is 25.2 Å². The first-order chi connectivity index (χ1) is 18.5. The van der Waals surface area contributed by atoms with Crippen LogP contribution < -0.4 is 10.1 Å². The maximum Gasteiger partial charge on any atom is 0.286 e. The minimum Gasteiger partial charge on any atom is -0.493 e. The van der Waals surface area contributed by atoms with Crippen molar-refractivity contribution < 1.29 is 37.0 Å². The molecule has 2 atom stereocenters. The number of hydrogen-bond donors (Lipinski definition) is 3. The van der Waals surface area contributed by atoms with Gasteiger partial charge in [-0.25, -0.2) is 27.5 Å². The van der Waals surface area contributed by atoms with Crippen molar-refractivity contribution in [2.24, 2.45) is 5.92 Å². The van der Waals surface area contributed by atoms with Crippen molar-refractivity contribution in [1.29, 1.82) is 0 Å². The number of aliphatic hydroxyl groups excluding tert-OH is 1. The number of rotatable bonds is 8. The van der Waals surface area contributed by atoms with Crippen LogP contribution in [0.1, 0.15) is 47.8 Å². The van der Waals surface area contributed by atoms with E-state index in [1.165, 1.54) is 25.1 Å². The first kappa shape index (κ1) is 26.9. The van der Waals surface area contributed by atoms with Gasteiger partial charge in [0.15, 0.2) is 0 Å². The number of nitrogens with zero attached hydrogens (tertiary/aromatic N) is 3. The second-order valence-corrected chi connectivity index (χ2v) is 10.1. The number of aliphatic hydroxyl groups is 1. The number of H-pyrrole nitrogens is 1. The number of hydrogen-bond acceptors (Lipinski definition) is 6. The van der Waals surface area contributed by atoms with E-state index >= 15 is 0 Å². The van der Waals surface area contributed by atoms with Gasteiger partial charge in [-0.3, -0.25) is 9.59 Å². The summed E-state index contributed by atoms with van der Waals surface area (Å²) in [7, 11) is 0. The van der Waals surface area contributed by atoms with E-state index in [0.717, 1.165) is 24.1 Å². The first-order valence-electron chi connectivity index (χ1n) is 12.5. The number of likely N-dealkylation sites (tertiary alicyclic amines) is 1. The van der Waals surface area contributed by atoms with Gasteiger partial charge >= 0.3 is 0 Å². The predicted molar refractivity (Wildman–Crippen MR) is 132 cm³/mol. The van der Waals surface area contributed by atoms with Crippen molar-refractivity contribution in [2.75, 3.05) is 19.7 Å². The number of aryl methyl sites for hydroxylation is 1. The van der Waals surface area contributed by atoms with Gasteiger partial charge in [0.2, 0.25) is 0 Å². The fraction of sp³-hybridized carbons (Fsp3) is 0.462. The number of aromatic amines is 1. The molecule has 1 saturated carbocycles. The summed E-state index contributed by atoms with van der Waals surface area (Å²) in [4.78, 5) is 37.5. The number of alkyl halides is 4. The number of aromatic nitrogens is 3. The molecule has 1 aromatic carbocycles. The number of fused-ring (bicyclic) bond motifs is 1. The highest BCUT2D eigenvalue weighted by molar-refractivity contribution is 6.09. The molecule has 1 aliphatic carbocycles. The van der Waals surface area contributed by atoms with Crippen LogP contribution in [0.15, 0.2) is 24.5 Å². The molecule has 3 heterocycles. The summed E-state index contributed by atoms with van der Waals surface area (Å²) in [5, 5.41) is 11.8. The predicted octanol–water partition coefficient (Wildman–Crippen LogP) is 3.62. The van der Waals surface area contributed by atoms with E-state index in [1.807, 2.05) is 0 Å². The SMILES string of the molecule is Cc1[nH]c2c(-c3cc(C(F)F)ccc3OCC3CC3)ncnc2c1C(=O)NC1CN(C(=O)[C@H](C)O)CC1(F)F. The van der Waals surface area contributed by atoms with E-state index in [2.05, 4.69) is 20.3 Å². The van der Waals surface area contributed by atoms with Crippen molar-refractivity contribution in [3.8, 4) is 17.0 Å². The Morgan fingerprint density at radius 1 is 1.28 bits per heavy atom. The second-order valence-electron chi connectivity index (χ2n) is 10.1. The lowest BCUT2D eigenvalue weighted by atomic mass is 10.0. The van der Waals surface area contributed by atoms with Gasteiger partial charge in [0.25, 0.3) is 24.2 Å². The van der Waals surface area contributed by atoms with Gasteiger partial charge in [0, 0.05) is 23.4 Å². The van der Waals surface area contributed by atoms with E-state index in [4.69, 9.17) is 4.74 Å². The quantitative estimate of drug-likeness (QED) is 0.369. The molecule has 0 radical (unpaired) electrons. The molecule has 2 fully saturated rings. The second kappa shape index (κ2) is 10.1. The molecule has 13 heteroatoms. The number of amides is 2. The van der Waals surface area contributed by atoms with Gasteiger partial charge in [-0.15, -0.1) is 0 Å². The smallest absolute Gasteiger partial charge is 0.286 e. The number of carbonyl (C=O) groups excluding carboxylic acids is 2. The Morgan fingerprint density at radius 3 is 2.69 bits per heavy atom. The molecule has 2 amide bonds. The lowest BCUT2D eigenvalue weighted by Gasteiger charge is -2.18. The maximum atomic E-state index is 14.7. The molecular weight excluding hydrogens is 522 g/mol. The van der Waals surface area contributed by atoms with Gasteiger partial charge in [-0.05, 0) is 50.8 Å². The Bertz CT molecular complexity index is 1420. The van der Waals surface area contributed by atoms with Gasteiger partial charge < -0.3 is 25.0 Å². The summed E-state index contributed by atoms with van der Waals surface area (Å²) in [5.41, 5.74) is 0.912. The van der Waals surface area contributed by atoms with Crippen LogP contribution in [0.25, 0.3) is 22.3 Å². The molecule has 1 unspecified atom stereocenters. The molecule has 0 bridgehead atoms. The Morgan fingerprint density at radius 2 is 2.03 bits per heavy atom. The molecule has 3 aromatic rings. The standard InChI is InChI=1S/C26H27F4N5O4/c1-12-19(24(37)34-18-8-35(10-26(18,29)30)25(38)13(2)36)21-22(33-12)20(31-11-32-21)16-7-15(23(27)28)5-6-17(16)39-9-14-3-4-14/h5-7,11,13-14,18,23,33,36H,3-4,8-10H2,1-2H3,(H,34,37)/t13-,18?/m0/s1. The zero-order chi connectivity index (χ0) is 28.1. The molecule has 208 valence electrons. The monoisotopic (exact) mass is 549 g/mol. The van der Waals surface area contributed by atoms with Gasteiger partial charge in [0.05, 0.1) is 24.2 Å². The van der Waals surface area contributed by atoms with Crippen molar-refractivity contribution in [2.45, 2.75) is 51.2 Å². The van der Waals surface area contributed by atoms with E-state index in [0.29, 0.717) is 24.0 Å². The summed E-state index contributed by atoms with van der Waals surface area (Å²) in [5.74, 6) is -4.40. The van der Waals surface area contributed by atoms with Gasteiger partial charge in [-0.1, -0.05) is 0 Å². The molecule has 9 nitrogen and oxygen atoms in total. The average molecular weight is 550 g/mol. The summed E-state index contributed by atoms with van der Waals surface area (Å²) in [6.45, 7) is 1.74. The zero-order valence-electron chi connectivity index (χ0n) is 21.2. The van der Waals surface area contributed by atoms with Crippen molar-refractivity contribution in [3.05, 3.63) is 41.3 Å². The van der Waals surface area contributed by atoms with Crippen LogP contribution in [0.2, 0.25) is 0 Å². The third kappa shape index (κ3) is 5.27. The molecule has 0 spiro atoms. The minimum atomic E-state index is -3.43. The molecule has 5 rings (SSSR count). The van der Waals surface area contributed by atoms with Crippen LogP contribution in [-0.4, -0.2) is 74.5 Å². The van der Waals surface area contributed by atoms with Crippen LogP contribution >= 0.6 is 0 Å². The van der Waals surface area contributed by atoms with Crippen LogP contribution in [0.4, 0.5) is 17.6 Å². The number of nitrogens with one attached hydrogen (secondary N) is 2. The van der Waals surface area contributed by atoms with E-state index < -0.39 is 49.4 Å². The van der Waals surface area contributed by atoms with Gasteiger partial charge in [-0.2, -0.15) is 0 Å². The molecule has 1 saturated heterocycles. The number of carbonyl (C=O) groups is 2. The summed E-state index contributed by atoms with van der Waals surface area (Å²) in [6.07, 6.45) is -0.973. The third-order valence-corrected chi connectivity index (χ3v) is 6.97. The molecular formula is C26H27F4N5O4. The highest BCUT2D eigenvalue weighted by atomic mass is 19.3. The molecule has 39 heavy (non-hydrogen) atoms. The maximum absolute atomic E-state index is 14.7. The topological polar surface area (TPSA) is 120 Å². The van der Waals surface area contributed by atoms with Crippen molar-refractivity contribution in [3.63, 3.8) is 0 Å². The van der Waals surface area contributed by atoms with Gasteiger partial charge in [0.1, 0.15) is 35.4 Å². The third-order valence-electron chi connectivity index (χ3n) is 6.97. The largest absolute Gasteiger partial charge is 0.493 e. The lowest BCUT2D eigenvalue weighted by Crippen LogP contribution is -2.47. The van der Waals surface area contributed by atoms with Crippen LogP contribution in [0, 0.1) is 12.8 Å². The minimum absolute atomic E-state index is 0.0183. The fourth-order valence-electron chi connectivity index (χ4n) is 4.69.